The summed E-state index contributed by atoms with van der Waals surface area (Å²) in [6.45, 7) is 0.806. The molecule has 1 aromatic carbocycles. The monoisotopic (exact) mass is 241 g/mol. The first-order valence-corrected chi connectivity index (χ1v) is 5.37. The lowest BCUT2D eigenvalue weighted by Crippen LogP contribution is -2.54. The van der Waals surface area contributed by atoms with Crippen LogP contribution in [-0.4, -0.2) is 41.7 Å². The van der Waals surface area contributed by atoms with Gasteiger partial charge >= 0.3 is 0 Å². The van der Waals surface area contributed by atoms with Gasteiger partial charge in [-0.25, -0.2) is 0 Å². The molecule has 16 heavy (non-hydrogen) atoms. The van der Waals surface area contributed by atoms with E-state index in [0.717, 1.165) is 0 Å². The van der Waals surface area contributed by atoms with Crippen LogP contribution in [0.2, 0.25) is 5.02 Å². The molecule has 4 nitrogen and oxygen atoms in total. The van der Waals surface area contributed by atoms with E-state index in [-0.39, 0.29) is 18.6 Å². The molecule has 1 saturated heterocycles. The molecule has 5 heteroatoms. The first-order chi connectivity index (χ1) is 7.65. The van der Waals surface area contributed by atoms with Gasteiger partial charge in [0.15, 0.2) is 6.61 Å². The summed E-state index contributed by atoms with van der Waals surface area (Å²) in [6.07, 6.45) is -0.375. The number of rotatable bonds is 3. The van der Waals surface area contributed by atoms with Crippen molar-refractivity contribution in [2.24, 2.45) is 0 Å². The number of aliphatic hydroxyl groups excluding tert-OH is 1. The van der Waals surface area contributed by atoms with Gasteiger partial charge in [0.2, 0.25) is 0 Å². The molecule has 0 unspecified atom stereocenters. The average molecular weight is 242 g/mol. The van der Waals surface area contributed by atoms with Crippen LogP contribution < -0.4 is 4.74 Å². The van der Waals surface area contributed by atoms with E-state index in [1.54, 1.807) is 29.2 Å². The Kier molecular flexibility index (Phi) is 3.31. The summed E-state index contributed by atoms with van der Waals surface area (Å²) in [5.74, 6) is 0.499. The van der Waals surface area contributed by atoms with E-state index in [0.29, 0.717) is 23.9 Å². The number of nitrogens with zero attached hydrogens (tertiary/aromatic N) is 1. The first-order valence-electron chi connectivity index (χ1n) is 4.99. The molecule has 1 amide bonds. The maximum atomic E-state index is 11.5. The standard InChI is InChI=1S/C11H12ClNO3/c12-8-1-3-10(4-2-8)16-7-11(15)13-5-9(14)6-13/h1-4,9,14H,5-7H2. The van der Waals surface area contributed by atoms with Crippen molar-refractivity contribution >= 4 is 17.5 Å². The molecule has 0 aliphatic carbocycles. The number of hydrogen-bond acceptors (Lipinski definition) is 3. The molecule has 1 aliphatic rings. The Morgan fingerprint density at radius 1 is 1.44 bits per heavy atom. The van der Waals surface area contributed by atoms with Gasteiger partial charge in [-0.15, -0.1) is 0 Å². The van der Waals surface area contributed by atoms with E-state index in [1.807, 2.05) is 0 Å². The topological polar surface area (TPSA) is 49.8 Å². The highest BCUT2D eigenvalue weighted by atomic mass is 35.5. The first kappa shape index (κ1) is 11.2. The predicted molar refractivity (Wildman–Crippen MR) is 59.5 cm³/mol. The Morgan fingerprint density at radius 3 is 2.62 bits per heavy atom. The Balaban J connectivity index is 1.79. The lowest BCUT2D eigenvalue weighted by atomic mass is 10.2. The van der Waals surface area contributed by atoms with E-state index in [1.165, 1.54) is 0 Å². The maximum absolute atomic E-state index is 11.5. The van der Waals surface area contributed by atoms with E-state index in [9.17, 15) is 4.79 Å². The molecule has 1 N–H and O–H groups in total. The number of halogens is 1. The number of likely N-dealkylation sites (tertiary alicyclic amines) is 1. The summed E-state index contributed by atoms with van der Waals surface area (Å²) in [6, 6.07) is 6.82. The van der Waals surface area contributed by atoms with Crippen LogP contribution >= 0.6 is 11.6 Å². The number of amides is 1. The highest BCUT2D eigenvalue weighted by Crippen LogP contribution is 2.16. The third kappa shape index (κ3) is 2.65. The van der Waals surface area contributed by atoms with Crippen LogP contribution in [0.5, 0.6) is 5.75 Å². The molecule has 1 aliphatic heterocycles. The Morgan fingerprint density at radius 2 is 2.06 bits per heavy atom. The normalized spacial score (nSPS) is 15.8. The van der Waals surface area contributed by atoms with Gasteiger partial charge in [0.1, 0.15) is 5.75 Å². The fraction of sp³-hybridized carbons (Fsp3) is 0.364. The molecule has 0 radical (unpaired) electrons. The van der Waals surface area contributed by atoms with E-state index < -0.39 is 0 Å². The minimum absolute atomic E-state index is 0.00560. The van der Waals surface area contributed by atoms with Crippen molar-refractivity contribution in [1.29, 1.82) is 0 Å². The van der Waals surface area contributed by atoms with Crippen LogP contribution in [0.3, 0.4) is 0 Å². The summed E-state index contributed by atoms with van der Waals surface area (Å²) in [4.78, 5) is 13.0. The van der Waals surface area contributed by atoms with Gasteiger partial charge in [0.05, 0.1) is 6.10 Å². The molecule has 1 fully saturated rings. The maximum Gasteiger partial charge on any atom is 0.260 e. The molecule has 0 atom stereocenters. The second-order valence-electron chi connectivity index (χ2n) is 3.70. The van der Waals surface area contributed by atoms with Gasteiger partial charge in [-0.2, -0.15) is 0 Å². The van der Waals surface area contributed by atoms with E-state index >= 15 is 0 Å². The number of carbonyl (C=O) groups is 1. The number of hydrogen-bond donors (Lipinski definition) is 1. The quantitative estimate of drug-likeness (QED) is 0.856. The van der Waals surface area contributed by atoms with Gasteiger partial charge in [-0.1, -0.05) is 11.6 Å². The van der Waals surface area contributed by atoms with Crippen molar-refractivity contribution in [2.45, 2.75) is 6.10 Å². The number of benzene rings is 1. The highest BCUT2D eigenvalue weighted by molar-refractivity contribution is 6.30. The van der Waals surface area contributed by atoms with Gasteiger partial charge < -0.3 is 14.7 Å². The third-order valence-electron chi connectivity index (χ3n) is 2.39. The van der Waals surface area contributed by atoms with E-state index in [4.69, 9.17) is 21.4 Å². The molecule has 0 saturated carbocycles. The van der Waals surface area contributed by atoms with Crippen LogP contribution in [0.4, 0.5) is 0 Å². The summed E-state index contributed by atoms with van der Waals surface area (Å²) in [5.41, 5.74) is 0. The van der Waals surface area contributed by atoms with E-state index in [2.05, 4.69) is 0 Å². The van der Waals surface area contributed by atoms with Crippen LogP contribution in [0, 0.1) is 0 Å². The zero-order valence-electron chi connectivity index (χ0n) is 8.60. The molecular formula is C11H12ClNO3. The Labute approximate surface area is 98.4 Å². The Hall–Kier alpha value is -1.26. The lowest BCUT2D eigenvalue weighted by Gasteiger charge is -2.35. The molecule has 2 rings (SSSR count). The van der Waals surface area contributed by atoms with Crippen molar-refractivity contribution in [3.8, 4) is 5.75 Å². The highest BCUT2D eigenvalue weighted by Gasteiger charge is 2.28. The molecular weight excluding hydrogens is 230 g/mol. The van der Waals surface area contributed by atoms with Crippen LogP contribution in [0.25, 0.3) is 0 Å². The predicted octanol–water partition coefficient (Wildman–Crippen LogP) is 0.922. The number of ether oxygens (including phenoxy) is 1. The molecule has 1 heterocycles. The molecule has 0 spiro atoms. The smallest absolute Gasteiger partial charge is 0.260 e. The molecule has 1 aromatic rings. The summed E-state index contributed by atoms with van der Waals surface area (Å²) < 4.78 is 5.28. The van der Waals surface area contributed by atoms with Crippen molar-refractivity contribution in [3.05, 3.63) is 29.3 Å². The fourth-order valence-electron chi connectivity index (χ4n) is 1.43. The lowest BCUT2D eigenvalue weighted by molar-refractivity contribution is -0.143. The van der Waals surface area contributed by atoms with Crippen LogP contribution in [0.1, 0.15) is 0 Å². The van der Waals surface area contributed by atoms with Crippen LogP contribution in [-0.2, 0) is 4.79 Å². The minimum Gasteiger partial charge on any atom is -0.484 e. The second kappa shape index (κ2) is 4.72. The zero-order chi connectivity index (χ0) is 11.5. The van der Waals surface area contributed by atoms with Crippen molar-refractivity contribution in [2.75, 3.05) is 19.7 Å². The summed E-state index contributed by atoms with van der Waals surface area (Å²) in [5, 5.41) is 9.66. The molecule has 0 bridgehead atoms. The largest absolute Gasteiger partial charge is 0.484 e. The second-order valence-corrected chi connectivity index (χ2v) is 4.13. The van der Waals surface area contributed by atoms with Crippen molar-refractivity contribution in [3.63, 3.8) is 0 Å². The average Bonchev–Trinajstić information content (AvgIpc) is 2.24. The minimum atomic E-state index is -0.375. The van der Waals surface area contributed by atoms with Crippen LogP contribution in [0.15, 0.2) is 24.3 Å². The number of β-amino-alcohol motifs (C(OH)–C–C–N with tert-alkyl or cyclic N) is 1. The Bertz CT molecular complexity index is 373. The number of aliphatic hydroxyl groups is 1. The summed E-state index contributed by atoms with van der Waals surface area (Å²) >= 11 is 5.71. The van der Waals surface area contributed by atoms with Gasteiger partial charge in [-0.05, 0) is 24.3 Å². The van der Waals surface area contributed by atoms with Crippen molar-refractivity contribution < 1.29 is 14.6 Å². The van der Waals surface area contributed by atoms with Gasteiger partial charge in [0.25, 0.3) is 5.91 Å². The molecule has 0 aromatic heterocycles. The fourth-order valence-corrected chi connectivity index (χ4v) is 1.55. The van der Waals surface area contributed by atoms with Gasteiger partial charge in [0, 0.05) is 18.1 Å². The zero-order valence-corrected chi connectivity index (χ0v) is 9.35. The van der Waals surface area contributed by atoms with Gasteiger partial charge in [-0.3, -0.25) is 4.79 Å². The SMILES string of the molecule is O=C(COc1ccc(Cl)cc1)N1CC(O)C1. The third-order valence-corrected chi connectivity index (χ3v) is 2.64. The molecule has 86 valence electrons. The summed E-state index contributed by atoms with van der Waals surface area (Å²) in [7, 11) is 0. The van der Waals surface area contributed by atoms with Crippen molar-refractivity contribution in [1.82, 2.24) is 4.90 Å². The number of carbonyl (C=O) groups excluding carboxylic acids is 1.